The molecule has 0 aliphatic rings. The first kappa shape index (κ1) is 19.7. The first-order valence-corrected chi connectivity index (χ1v) is 6.02. The van der Waals surface area contributed by atoms with Crippen molar-refractivity contribution in [3.05, 3.63) is 24.8 Å². The van der Waals surface area contributed by atoms with Crippen molar-refractivity contribution in [2.45, 2.75) is 20.8 Å². The number of amides is 2. The van der Waals surface area contributed by atoms with Crippen molar-refractivity contribution in [1.82, 2.24) is 10.2 Å². The molecule has 0 radical (unpaired) electrons. The van der Waals surface area contributed by atoms with Crippen molar-refractivity contribution in [3.8, 4) is 0 Å². The SMILES string of the molecule is C=C(C)C(=O)NCC(C)(C)CN(C)C.C=CC(N)=O. The molecule has 0 aromatic heterocycles. The first-order valence-electron chi connectivity index (χ1n) is 6.02. The average molecular weight is 269 g/mol. The second-order valence-corrected chi connectivity index (χ2v) is 5.47. The number of hydrogen-bond acceptors (Lipinski definition) is 3. The summed E-state index contributed by atoms with van der Waals surface area (Å²) >= 11 is 0. The molecule has 0 unspecified atom stereocenters. The molecule has 0 spiro atoms. The molecule has 0 aliphatic carbocycles. The third-order valence-corrected chi connectivity index (χ3v) is 2.06. The fourth-order valence-corrected chi connectivity index (χ4v) is 1.38. The number of primary amides is 1. The Morgan fingerprint density at radius 3 is 2.05 bits per heavy atom. The zero-order chi connectivity index (χ0) is 15.6. The summed E-state index contributed by atoms with van der Waals surface area (Å²) in [7, 11) is 4.06. The van der Waals surface area contributed by atoms with E-state index in [4.69, 9.17) is 0 Å². The Balaban J connectivity index is 0. The van der Waals surface area contributed by atoms with E-state index in [9.17, 15) is 9.59 Å². The second kappa shape index (κ2) is 9.33. The lowest BCUT2D eigenvalue weighted by Gasteiger charge is -2.28. The van der Waals surface area contributed by atoms with Crippen molar-refractivity contribution < 1.29 is 9.59 Å². The highest BCUT2D eigenvalue weighted by atomic mass is 16.1. The number of nitrogens with two attached hydrogens (primary N) is 1. The van der Waals surface area contributed by atoms with Gasteiger partial charge in [-0.1, -0.05) is 27.0 Å². The van der Waals surface area contributed by atoms with E-state index in [2.05, 4.69) is 43.0 Å². The number of rotatable bonds is 6. The van der Waals surface area contributed by atoms with E-state index < -0.39 is 5.91 Å². The van der Waals surface area contributed by atoms with Gasteiger partial charge in [-0.3, -0.25) is 9.59 Å². The van der Waals surface area contributed by atoms with Gasteiger partial charge in [0.05, 0.1) is 0 Å². The van der Waals surface area contributed by atoms with Gasteiger partial charge in [-0.25, -0.2) is 0 Å². The molecule has 3 N–H and O–H groups in total. The van der Waals surface area contributed by atoms with Crippen molar-refractivity contribution in [3.63, 3.8) is 0 Å². The topological polar surface area (TPSA) is 75.4 Å². The minimum absolute atomic E-state index is 0.0585. The summed E-state index contributed by atoms with van der Waals surface area (Å²) in [6.45, 7) is 14.3. The predicted octanol–water partition coefficient (Wildman–Crippen LogP) is 0.924. The summed E-state index contributed by atoms with van der Waals surface area (Å²) < 4.78 is 0. The molecule has 19 heavy (non-hydrogen) atoms. The van der Waals surface area contributed by atoms with Crippen LogP contribution in [0.1, 0.15) is 20.8 Å². The van der Waals surface area contributed by atoms with Crippen molar-refractivity contribution >= 4 is 11.8 Å². The van der Waals surface area contributed by atoms with Crippen LogP contribution >= 0.6 is 0 Å². The van der Waals surface area contributed by atoms with Crippen LogP contribution in [0, 0.1) is 5.41 Å². The van der Waals surface area contributed by atoms with Gasteiger partial charge in [-0.15, -0.1) is 0 Å². The van der Waals surface area contributed by atoms with Gasteiger partial charge in [0, 0.05) is 18.7 Å². The molecule has 0 atom stereocenters. The Morgan fingerprint density at radius 1 is 1.37 bits per heavy atom. The van der Waals surface area contributed by atoms with Crippen LogP contribution in [0.4, 0.5) is 0 Å². The van der Waals surface area contributed by atoms with Crippen LogP contribution in [-0.4, -0.2) is 43.9 Å². The molecule has 2 amide bonds. The van der Waals surface area contributed by atoms with Crippen molar-refractivity contribution in [2.24, 2.45) is 11.1 Å². The summed E-state index contributed by atoms with van der Waals surface area (Å²) in [4.78, 5) is 22.8. The quantitative estimate of drug-likeness (QED) is 0.704. The van der Waals surface area contributed by atoms with Crippen LogP contribution in [-0.2, 0) is 9.59 Å². The molecule has 0 aliphatic heterocycles. The monoisotopic (exact) mass is 269 g/mol. The molecule has 5 nitrogen and oxygen atoms in total. The van der Waals surface area contributed by atoms with Gasteiger partial charge in [0.1, 0.15) is 0 Å². The van der Waals surface area contributed by atoms with Crippen LogP contribution in [0.3, 0.4) is 0 Å². The largest absolute Gasteiger partial charge is 0.366 e. The highest BCUT2D eigenvalue weighted by Gasteiger charge is 2.19. The predicted molar refractivity (Wildman–Crippen MR) is 79.6 cm³/mol. The lowest BCUT2D eigenvalue weighted by Crippen LogP contribution is -2.40. The number of nitrogens with one attached hydrogen (secondary N) is 1. The molecule has 5 heteroatoms. The van der Waals surface area contributed by atoms with Crippen LogP contribution in [0.15, 0.2) is 24.8 Å². The third-order valence-electron chi connectivity index (χ3n) is 2.06. The Morgan fingerprint density at radius 2 is 1.79 bits per heavy atom. The zero-order valence-corrected chi connectivity index (χ0v) is 12.7. The molecule has 0 heterocycles. The van der Waals surface area contributed by atoms with E-state index in [0.717, 1.165) is 12.6 Å². The van der Waals surface area contributed by atoms with Crippen LogP contribution in [0.2, 0.25) is 0 Å². The Labute approximate surface area is 116 Å². The van der Waals surface area contributed by atoms with Gasteiger partial charge in [-0.2, -0.15) is 0 Å². The number of hydrogen-bond donors (Lipinski definition) is 2. The van der Waals surface area contributed by atoms with E-state index in [-0.39, 0.29) is 11.3 Å². The molecule has 0 rings (SSSR count). The first-order chi connectivity index (χ1) is 8.51. The van der Waals surface area contributed by atoms with Crippen LogP contribution < -0.4 is 11.1 Å². The number of carbonyl (C=O) groups excluding carboxylic acids is 2. The van der Waals surface area contributed by atoms with E-state index in [1.807, 2.05) is 14.1 Å². The van der Waals surface area contributed by atoms with Crippen LogP contribution in [0.5, 0.6) is 0 Å². The minimum atomic E-state index is -0.481. The highest BCUT2D eigenvalue weighted by molar-refractivity contribution is 5.92. The maximum atomic E-state index is 11.3. The van der Waals surface area contributed by atoms with Gasteiger partial charge in [-0.05, 0) is 32.5 Å². The van der Waals surface area contributed by atoms with Crippen molar-refractivity contribution in [1.29, 1.82) is 0 Å². The maximum absolute atomic E-state index is 11.3. The smallest absolute Gasteiger partial charge is 0.246 e. The lowest BCUT2D eigenvalue weighted by atomic mass is 9.93. The fourth-order valence-electron chi connectivity index (χ4n) is 1.38. The van der Waals surface area contributed by atoms with Gasteiger partial charge >= 0.3 is 0 Å². The van der Waals surface area contributed by atoms with Gasteiger partial charge in [0.2, 0.25) is 11.8 Å². The Hall–Kier alpha value is -1.62. The molecule has 0 bridgehead atoms. The summed E-state index contributed by atoms with van der Waals surface area (Å²) in [5, 5.41) is 2.86. The third kappa shape index (κ3) is 14.3. The standard InChI is InChI=1S/C11H22N2O.C3H5NO/c1-9(2)10(14)12-7-11(3,4)8-13(5)6;1-2-3(4)5/h1,7-8H2,2-6H3,(H,12,14);2H,1H2,(H2,4,5). The molecular formula is C14H27N3O2. The molecule has 0 saturated heterocycles. The van der Waals surface area contributed by atoms with E-state index in [0.29, 0.717) is 12.1 Å². The number of nitrogens with zero attached hydrogens (tertiary/aromatic N) is 1. The molecule has 0 aromatic carbocycles. The Bertz CT molecular complexity index is 334. The Kier molecular flexibility index (Phi) is 9.68. The summed E-state index contributed by atoms with van der Waals surface area (Å²) in [6, 6.07) is 0. The summed E-state index contributed by atoms with van der Waals surface area (Å²) in [5.74, 6) is -0.540. The molecule has 110 valence electrons. The highest BCUT2D eigenvalue weighted by Crippen LogP contribution is 2.14. The lowest BCUT2D eigenvalue weighted by molar-refractivity contribution is -0.118. The minimum Gasteiger partial charge on any atom is -0.366 e. The molecule has 0 aromatic rings. The van der Waals surface area contributed by atoms with E-state index in [1.54, 1.807) is 6.92 Å². The fraction of sp³-hybridized carbons (Fsp3) is 0.571. The van der Waals surface area contributed by atoms with Crippen LogP contribution in [0.25, 0.3) is 0 Å². The molecular weight excluding hydrogens is 242 g/mol. The normalized spacial score (nSPS) is 10.2. The zero-order valence-electron chi connectivity index (χ0n) is 12.7. The summed E-state index contributed by atoms with van der Waals surface area (Å²) in [6.07, 6.45) is 1.06. The van der Waals surface area contributed by atoms with Crippen molar-refractivity contribution in [2.75, 3.05) is 27.2 Å². The number of carbonyl (C=O) groups is 2. The van der Waals surface area contributed by atoms with E-state index >= 15 is 0 Å². The molecule has 0 saturated carbocycles. The van der Waals surface area contributed by atoms with Gasteiger partial charge in [0.15, 0.2) is 0 Å². The second-order valence-electron chi connectivity index (χ2n) is 5.47. The van der Waals surface area contributed by atoms with Gasteiger partial charge < -0.3 is 16.0 Å². The summed E-state index contributed by atoms with van der Waals surface area (Å²) in [5.41, 5.74) is 5.19. The maximum Gasteiger partial charge on any atom is 0.246 e. The molecule has 0 fully saturated rings. The average Bonchev–Trinajstić information content (AvgIpc) is 2.24. The van der Waals surface area contributed by atoms with Gasteiger partial charge in [0.25, 0.3) is 0 Å². The van der Waals surface area contributed by atoms with E-state index in [1.165, 1.54) is 0 Å².